The van der Waals surface area contributed by atoms with Gasteiger partial charge < -0.3 is 0 Å². The van der Waals surface area contributed by atoms with Crippen molar-refractivity contribution in [2.24, 2.45) is 11.3 Å². The van der Waals surface area contributed by atoms with Crippen LogP contribution in [-0.2, 0) is 4.79 Å². The monoisotopic (exact) mass is 245 g/mol. The fraction of sp³-hybridized carbons (Fsp3) is 0.818. The number of hydrogen-bond acceptors (Lipinski definition) is 3. The van der Waals surface area contributed by atoms with E-state index >= 15 is 0 Å². The Bertz CT molecular complexity index is 281. The molecule has 86 valence electrons. The summed E-state index contributed by atoms with van der Waals surface area (Å²) < 4.78 is 0.744. The topological polar surface area (TPSA) is 20.3 Å². The number of rotatable bonds is 1. The van der Waals surface area contributed by atoms with Crippen molar-refractivity contribution in [3.05, 3.63) is 0 Å². The standard InChI is InChI=1S/C11H19NOS2/c1-7(2)8-6-15-10(14)12(8)9(13)11(3,4)5/h7-8H,6H2,1-5H3/t8-/m1/s1. The van der Waals surface area contributed by atoms with Crippen LogP contribution in [-0.4, -0.2) is 26.9 Å². The van der Waals surface area contributed by atoms with Gasteiger partial charge in [-0.1, -0.05) is 58.6 Å². The average molecular weight is 245 g/mol. The number of carbonyl (C=O) groups excluding carboxylic acids is 1. The van der Waals surface area contributed by atoms with Gasteiger partial charge in [-0.05, 0) is 5.92 Å². The molecule has 1 amide bonds. The van der Waals surface area contributed by atoms with Crippen molar-refractivity contribution in [1.29, 1.82) is 0 Å². The van der Waals surface area contributed by atoms with E-state index in [1.807, 2.05) is 25.7 Å². The largest absolute Gasteiger partial charge is 0.293 e. The molecule has 0 saturated carbocycles. The molecule has 2 nitrogen and oxygen atoms in total. The molecule has 1 heterocycles. The Morgan fingerprint density at radius 1 is 1.53 bits per heavy atom. The molecule has 0 aromatic rings. The Hall–Kier alpha value is -0.0900. The summed E-state index contributed by atoms with van der Waals surface area (Å²) in [6, 6.07) is 0.272. The van der Waals surface area contributed by atoms with Crippen molar-refractivity contribution in [2.75, 3.05) is 5.75 Å². The van der Waals surface area contributed by atoms with E-state index in [-0.39, 0.29) is 17.4 Å². The Morgan fingerprint density at radius 2 is 2.07 bits per heavy atom. The minimum absolute atomic E-state index is 0.149. The van der Waals surface area contributed by atoms with Gasteiger partial charge in [0.1, 0.15) is 4.32 Å². The van der Waals surface area contributed by atoms with Gasteiger partial charge in [0.15, 0.2) is 0 Å². The summed E-state index contributed by atoms with van der Waals surface area (Å²) in [7, 11) is 0. The number of thiocarbonyl (C=S) groups is 1. The summed E-state index contributed by atoms with van der Waals surface area (Å²) >= 11 is 6.87. The highest BCUT2D eigenvalue weighted by Crippen LogP contribution is 2.32. The lowest BCUT2D eigenvalue weighted by molar-refractivity contribution is -0.136. The first-order chi connectivity index (χ1) is 6.75. The van der Waals surface area contributed by atoms with Crippen molar-refractivity contribution in [3.8, 4) is 0 Å². The summed E-state index contributed by atoms with van der Waals surface area (Å²) in [6.07, 6.45) is 0. The van der Waals surface area contributed by atoms with Crippen LogP contribution in [0.3, 0.4) is 0 Å². The molecule has 0 radical (unpaired) electrons. The Balaban J connectivity index is 2.91. The second-order valence-electron chi connectivity index (χ2n) is 5.31. The molecular weight excluding hydrogens is 226 g/mol. The first-order valence-electron chi connectivity index (χ1n) is 5.25. The SMILES string of the molecule is CC(C)[C@H]1CSC(=S)N1C(=O)C(C)(C)C. The van der Waals surface area contributed by atoms with Gasteiger partial charge >= 0.3 is 0 Å². The average Bonchev–Trinajstić information content (AvgIpc) is 2.44. The second-order valence-corrected chi connectivity index (χ2v) is 6.97. The maximum atomic E-state index is 12.2. The maximum Gasteiger partial charge on any atom is 0.233 e. The normalized spacial score (nSPS) is 22.7. The summed E-state index contributed by atoms with van der Waals surface area (Å²) in [5.41, 5.74) is -0.345. The van der Waals surface area contributed by atoms with Crippen LogP contribution in [0.2, 0.25) is 0 Å². The van der Waals surface area contributed by atoms with Gasteiger partial charge in [-0.25, -0.2) is 0 Å². The molecular formula is C11H19NOS2. The van der Waals surface area contributed by atoms with E-state index in [9.17, 15) is 4.79 Å². The minimum Gasteiger partial charge on any atom is -0.293 e. The third-order valence-electron chi connectivity index (χ3n) is 2.54. The lowest BCUT2D eigenvalue weighted by Gasteiger charge is -2.31. The quantitative estimate of drug-likeness (QED) is 0.663. The van der Waals surface area contributed by atoms with E-state index < -0.39 is 0 Å². The lowest BCUT2D eigenvalue weighted by atomic mass is 9.93. The van der Waals surface area contributed by atoms with E-state index in [4.69, 9.17) is 12.2 Å². The minimum atomic E-state index is -0.345. The molecule has 0 unspecified atom stereocenters. The van der Waals surface area contributed by atoms with Crippen molar-refractivity contribution in [2.45, 2.75) is 40.7 Å². The highest BCUT2D eigenvalue weighted by Gasteiger charge is 2.39. The predicted octanol–water partition coefficient (Wildman–Crippen LogP) is 2.92. The summed E-state index contributed by atoms with van der Waals surface area (Å²) in [4.78, 5) is 14.0. The summed E-state index contributed by atoms with van der Waals surface area (Å²) in [6.45, 7) is 10.1. The molecule has 1 rings (SSSR count). The van der Waals surface area contributed by atoms with E-state index in [0.717, 1.165) is 10.1 Å². The van der Waals surface area contributed by atoms with Gasteiger partial charge in [0.2, 0.25) is 5.91 Å². The van der Waals surface area contributed by atoms with E-state index in [1.165, 1.54) is 0 Å². The van der Waals surface area contributed by atoms with Gasteiger partial charge in [-0.15, -0.1) is 0 Å². The molecule has 0 aromatic heterocycles. The zero-order chi connectivity index (χ0) is 11.8. The van der Waals surface area contributed by atoms with Crippen LogP contribution in [0, 0.1) is 11.3 Å². The molecule has 0 aliphatic carbocycles. The first kappa shape index (κ1) is 13.0. The molecule has 1 aliphatic rings. The fourth-order valence-corrected chi connectivity index (χ4v) is 3.15. The van der Waals surface area contributed by atoms with Crippen LogP contribution in [0.1, 0.15) is 34.6 Å². The second kappa shape index (κ2) is 4.42. The Kier molecular flexibility index (Phi) is 3.82. The number of thioether (sulfide) groups is 1. The molecule has 4 heteroatoms. The van der Waals surface area contributed by atoms with Gasteiger partial charge in [0.05, 0.1) is 0 Å². The van der Waals surface area contributed by atoms with Crippen LogP contribution in [0.4, 0.5) is 0 Å². The zero-order valence-corrected chi connectivity index (χ0v) is 11.7. The molecule has 15 heavy (non-hydrogen) atoms. The Labute approximate surface area is 102 Å². The van der Waals surface area contributed by atoms with Gasteiger partial charge in [-0.2, -0.15) is 0 Å². The van der Waals surface area contributed by atoms with Crippen molar-refractivity contribution >= 4 is 34.2 Å². The molecule has 0 spiro atoms. The molecule has 1 fully saturated rings. The third-order valence-corrected chi connectivity index (χ3v) is 4.04. The molecule has 0 bridgehead atoms. The van der Waals surface area contributed by atoms with Crippen LogP contribution < -0.4 is 0 Å². The molecule has 1 aliphatic heterocycles. The van der Waals surface area contributed by atoms with Crippen LogP contribution >= 0.6 is 24.0 Å². The highest BCUT2D eigenvalue weighted by atomic mass is 32.2. The van der Waals surface area contributed by atoms with Gasteiger partial charge in [-0.3, -0.25) is 9.69 Å². The summed E-state index contributed by atoms with van der Waals surface area (Å²) in [5.74, 6) is 1.55. The summed E-state index contributed by atoms with van der Waals surface area (Å²) in [5, 5.41) is 0. The van der Waals surface area contributed by atoms with Crippen molar-refractivity contribution in [1.82, 2.24) is 4.90 Å². The van der Waals surface area contributed by atoms with Crippen LogP contribution in [0.25, 0.3) is 0 Å². The third kappa shape index (κ3) is 2.72. The first-order valence-corrected chi connectivity index (χ1v) is 6.65. The van der Waals surface area contributed by atoms with E-state index in [1.54, 1.807) is 11.8 Å². The number of nitrogens with zero attached hydrogens (tertiary/aromatic N) is 1. The Morgan fingerprint density at radius 3 is 2.47 bits per heavy atom. The smallest absolute Gasteiger partial charge is 0.233 e. The lowest BCUT2D eigenvalue weighted by Crippen LogP contribution is -2.46. The van der Waals surface area contributed by atoms with E-state index in [0.29, 0.717) is 5.92 Å². The predicted molar refractivity (Wildman–Crippen MR) is 70.0 cm³/mol. The van der Waals surface area contributed by atoms with E-state index in [2.05, 4.69) is 13.8 Å². The van der Waals surface area contributed by atoms with Crippen molar-refractivity contribution in [3.63, 3.8) is 0 Å². The van der Waals surface area contributed by atoms with Gasteiger partial charge in [0.25, 0.3) is 0 Å². The number of carbonyl (C=O) groups is 1. The highest BCUT2D eigenvalue weighted by molar-refractivity contribution is 8.23. The zero-order valence-electron chi connectivity index (χ0n) is 10.0. The molecule has 0 N–H and O–H groups in total. The molecule has 1 atom stereocenters. The van der Waals surface area contributed by atoms with Crippen LogP contribution in [0.15, 0.2) is 0 Å². The number of amides is 1. The molecule has 0 aromatic carbocycles. The van der Waals surface area contributed by atoms with Gasteiger partial charge in [0, 0.05) is 17.2 Å². The molecule has 1 saturated heterocycles. The maximum absolute atomic E-state index is 12.2. The van der Waals surface area contributed by atoms with Crippen molar-refractivity contribution < 1.29 is 4.79 Å². The fourth-order valence-electron chi connectivity index (χ4n) is 1.52. The van der Waals surface area contributed by atoms with Crippen LogP contribution in [0.5, 0.6) is 0 Å². The number of hydrogen-bond donors (Lipinski definition) is 0.